The van der Waals surface area contributed by atoms with Crippen molar-refractivity contribution in [3.05, 3.63) is 35.6 Å². The number of para-hydroxylation sites is 1. The van der Waals surface area contributed by atoms with E-state index in [1.165, 1.54) is 10.9 Å². The van der Waals surface area contributed by atoms with E-state index in [4.69, 9.17) is 10.2 Å². The van der Waals surface area contributed by atoms with Gasteiger partial charge in [0.25, 0.3) is 0 Å². The van der Waals surface area contributed by atoms with Gasteiger partial charge < -0.3 is 10.2 Å². The van der Waals surface area contributed by atoms with Gasteiger partial charge in [0.15, 0.2) is 0 Å². The maximum atomic E-state index is 6.07. The summed E-state index contributed by atoms with van der Waals surface area (Å²) in [4.78, 5) is 0. The summed E-state index contributed by atoms with van der Waals surface area (Å²) in [7, 11) is 0. The fraction of sp³-hybridized carbons (Fsp3) is 0.429. The molecule has 2 rings (SSSR count). The third-order valence-corrected chi connectivity index (χ3v) is 2.99. The van der Waals surface area contributed by atoms with Crippen molar-refractivity contribution in [2.75, 3.05) is 0 Å². The highest BCUT2D eigenvalue weighted by molar-refractivity contribution is 5.81. The van der Waals surface area contributed by atoms with Crippen LogP contribution in [0.15, 0.2) is 28.7 Å². The molecule has 1 aromatic heterocycles. The van der Waals surface area contributed by atoms with Gasteiger partial charge in [0.2, 0.25) is 0 Å². The fourth-order valence-electron chi connectivity index (χ4n) is 2.06. The molecule has 2 heteroatoms. The van der Waals surface area contributed by atoms with Crippen molar-refractivity contribution in [3.63, 3.8) is 0 Å². The minimum absolute atomic E-state index is 0.0297. The van der Waals surface area contributed by atoms with Crippen LogP contribution in [0.3, 0.4) is 0 Å². The van der Waals surface area contributed by atoms with Gasteiger partial charge in [0, 0.05) is 5.39 Å². The summed E-state index contributed by atoms with van der Waals surface area (Å²) in [6.45, 7) is 4.28. The number of fused-ring (bicyclic) bond motifs is 1. The lowest BCUT2D eigenvalue weighted by atomic mass is 10.1. The molecule has 1 atom stereocenters. The molecule has 2 nitrogen and oxygen atoms in total. The van der Waals surface area contributed by atoms with Gasteiger partial charge in [-0.15, -0.1) is 0 Å². The zero-order chi connectivity index (χ0) is 11.5. The van der Waals surface area contributed by atoms with Crippen molar-refractivity contribution in [1.29, 1.82) is 0 Å². The molecule has 86 valence electrons. The molecule has 0 aliphatic rings. The molecule has 0 spiro atoms. The van der Waals surface area contributed by atoms with Crippen LogP contribution in [0, 0.1) is 0 Å². The first-order chi connectivity index (χ1) is 7.76. The van der Waals surface area contributed by atoms with Gasteiger partial charge in [-0.3, -0.25) is 0 Å². The lowest BCUT2D eigenvalue weighted by Crippen LogP contribution is -2.08. The maximum Gasteiger partial charge on any atom is 0.137 e. The average Bonchev–Trinajstić information content (AvgIpc) is 2.72. The van der Waals surface area contributed by atoms with E-state index in [9.17, 15) is 0 Å². The number of furan rings is 1. The molecule has 0 unspecified atom stereocenters. The number of hydrogen-bond acceptors (Lipinski definition) is 2. The van der Waals surface area contributed by atoms with Gasteiger partial charge in [0.1, 0.15) is 11.3 Å². The monoisotopic (exact) mass is 217 g/mol. The van der Waals surface area contributed by atoms with E-state index in [2.05, 4.69) is 38.1 Å². The molecule has 0 saturated carbocycles. The Morgan fingerprint density at radius 2 is 2.12 bits per heavy atom. The number of rotatable bonds is 4. The first-order valence-electron chi connectivity index (χ1n) is 6.03. The van der Waals surface area contributed by atoms with Crippen molar-refractivity contribution in [1.82, 2.24) is 0 Å². The Kier molecular flexibility index (Phi) is 3.30. The van der Waals surface area contributed by atoms with Crippen LogP contribution >= 0.6 is 0 Å². The molecular weight excluding hydrogens is 198 g/mol. The SMILES string of the molecule is CCC[C@@H](N)c1cc2cccc(CC)c2o1. The van der Waals surface area contributed by atoms with Crippen LogP contribution in [0.1, 0.15) is 44.1 Å². The van der Waals surface area contributed by atoms with Crippen LogP contribution in [-0.2, 0) is 6.42 Å². The molecular formula is C14H19NO. The molecule has 0 amide bonds. The van der Waals surface area contributed by atoms with Crippen molar-refractivity contribution in [2.45, 2.75) is 39.2 Å². The van der Waals surface area contributed by atoms with Gasteiger partial charge in [-0.1, -0.05) is 38.5 Å². The maximum absolute atomic E-state index is 6.07. The Labute approximate surface area is 96.4 Å². The molecule has 0 radical (unpaired) electrons. The molecule has 0 bridgehead atoms. The standard InChI is InChI=1S/C14H19NO/c1-3-6-12(15)13-9-11-8-5-7-10(4-2)14(11)16-13/h5,7-9,12H,3-4,6,15H2,1-2H3/t12-/m1/s1. The summed E-state index contributed by atoms with van der Waals surface area (Å²) >= 11 is 0. The second-order valence-electron chi connectivity index (χ2n) is 4.23. The zero-order valence-electron chi connectivity index (χ0n) is 9.99. The summed E-state index contributed by atoms with van der Waals surface area (Å²) in [5, 5.41) is 1.17. The molecule has 0 saturated heterocycles. The summed E-state index contributed by atoms with van der Waals surface area (Å²) in [6.07, 6.45) is 3.05. The van der Waals surface area contributed by atoms with E-state index in [-0.39, 0.29) is 6.04 Å². The van der Waals surface area contributed by atoms with E-state index in [1.54, 1.807) is 0 Å². The summed E-state index contributed by atoms with van der Waals surface area (Å²) < 4.78 is 5.88. The Balaban J connectivity index is 2.43. The third kappa shape index (κ3) is 1.98. The Morgan fingerprint density at radius 1 is 1.31 bits per heavy atom. The van der Waals surface area contributed by atoms with Gasteiger partial charge in [-0.05, 0) is 24.5 Å². The number of hydrogen-bond donors (Lipinski definition) is 1. The predicted molar refractivity (Wildman–Crippen MR) is 67.4 cm³/mol. The van der Waals surface area contributed by atoms with Crippen molar-refractivity contribution in [3.8, 4) is 0 Å². The van der Waals surface area contributed by atoms with E-state index in [0.29, 0.717) is 0 Å². The van der Waals surface area contributed by atoms with E-state index < -0.39 is 0 Å². The second kappa shape index (κ2) is 4.71. The smallest absolute Gasteiger partial charge is 0.137 e. The van der Waals surface area contributed by atoms with E-state index in [0.717, 1.165) is 30.6 Å². The van der Waals surface area contributed by atoms with Crippen LogP contribution in [-0.4, -0.2) is 0 Å². The Hall–Kier alpha value is -1.28. The minimum Gasteiger partial charge on any atom is -0.459 e. The van der Waals surface area contributed by atoms with Gasteiger partial charge in [-0.25, -0.2) is 0 Å². The quantitative estimate of drug-likeness (QED) is 0.846. The molecule has 2 N–H and O–H groups in total. The van der Waals surface area contributed by atoms with E-state index >= 15 is 0 Å². The highest BCUT2D eigenvalue weighted by Gasteiger charge is 2.12. The molecule has 2 aromatic rings. The van der Waals surface area contributed by atoms with Crippen LogP contribution in [0.25, 0.3) is 11.0 Å². The Morgan fingerprint density at radius 3 is 2.81 bits per heavy atom. The lowest BCUT2D eigenvalue weighted by Gasteiger charge is -2.05. The van der Waals surface area contributed by atoms with E-state index in [1.807, 2.05) is 0 Å². The van der Waals surface area contributed by atoms with Gasteiger partial charge in [0.05, 0.1) is 6.04 Å². The number of nitrogens with two attached hydrogens (primary N) is 1. The molecule has 16 heavy (non-hydrogen) atoms. The van der Waals surface area contributed by atoms with Crippen LogP contribution in [0.5, 0.6) is 0 Å². The molecule has 1 heterocycles. The first kappa shape index (κ1) is 11.2. The molecule has 0 aliphatic carbocycles. The van der Waals surface area contributed by atoms with Crippen molar-refractivity contribution < 1.29 is 4.42 Å². The summed E-state index contributed by atoms with van der Waals surface area (Å²) in [5.41, 5.74) is 8.33. The first-order valence-corrected chi connectivity index (χ1v) is 6.03. The zero-order valence-corrected chi connectivity index (χ0v) is 9.99. The summed E-state index contributed by atoms with van der Waals surface area (Å²) in [6, 6.07) is 8.38. The fourth-order valence-corrected chi connectivity index (χ4v) is 2.06. The van der Waals surface area contributed by atoms with Crippen molar-refractivity contribution in [2.24, 2.45) is 5.73 Å². The van der Waals surface area contributed by atoms with Crippen LogP contribution < -0.4 is 5.73 Å². The van der Waals surface area contributed by atoms with Crippen LogP contribution in [0.2, 0.25) is 0 Å². The van der Waals surface area contributed by atoms with Gasteiger partial charge >= 0.3 is 0 Å². The Bertz CT molecular complexity index is 473. The lowest BCUT2D eigenvalue weighted by molar-refractivity contribution is 0.474. The molecule has 0 fully saturated rings. The predicted octanol–water partition coefficient (Wildman–Crippen LogP) is 3.80. The number of benzene rings is 1. The molecule has 0 aliphatic heterocycles. The highest BCUT2D eigenvalue weighted by Crippen LogP contribution is 2.27. The van der Waals surface area contributed by atoms with Crippen molar-refractivity contribution >= 4 is 11.0 Å². The minimum atomic E-state index is 0.0297. The normalized spacial score (nSPS) is 13.2. The van der Waals surface area contributed by atoms with Gasteiger partial charge in [-0.2, -0.15) is 0 Å². The molecule has 1 aromatic carbocycles. The average molecular weight is 217 g/mol. The third-order valence-electron chi connectivity index (χ3n) is 2.99. The number of aryl methyl sites for hydroxylation is 1. The largest absolute Gasteiger partial charge is 0.459 e. The topological polar surface area (TPSA) is 39.2 Å². The second-order valence-corrected chi connectivity index (χ2v) is 4.23. The van der Waals surface area contributed by atoms with Crippen LogP contribution in [0.4, 0.5) is 0 Å². The summed E-state index contributed by atoms with van der Waals surface area (Å²) in [5.74, 6) is 0.915. The highest BCUT2D eigenvalue weighted by atomic mass is 16.3.